The van der Waals surface area contributed by atoms with Gasteiger partial charge in [-0.15, -0.1) is 4.99 Å². The number of hydrogen-bond acceptors (Lipinski definition) is 11. The van der Waals surface area contributed by atoms with Gasteiger partial charge in [-0.25, -0.2) is 24.2 Å². The van der Waals surface area contributed by atoms with Crippen LogP contribution in [0, 0.1) is 10.8 Å². The molecule has 6 amide bonds. The Morgan fingerprint density at radius 3 is 1.45 bits per heavy atom. The molecule has 3 aliphatic rings. The van der Waals surface area contributed by atoms with Gasteiger partial charge in [0.25, 0.3) is 0 Å². The molecule has 2 aliphatic carbocycles. The Bertz CT molecular complexity index is 2240. The second-order valence-electron chi connectivity index (χ2n) is 21.3. The maximum Gasteiger partial charge on any atom is 0.437 e. The molecule has 0 saturated heterocycles. The van der Waals surface area contributed by atoms with Gasteiger partial charge in [-0.1, -0.05) is 30.3 Å². The van der Waals surface area contributed by atoms with Crippen LogP contribution in [0.4, 0.5) is 30.6 Å². The third-order valence-corrected chi connectivity index (χ3v) is 10.9. The zero-order valence-electron chi connectivity index (χ0n) is 41.0. The van der Waals surface area contributed by atoms with E-state index < -0.39 is 57.6 Å². The fourth-order valence-corrected chi connectivity index (χ4v) is 7.96. The summed E-state index contributed by atoms with van der Waals surface area (Å²) >= 11 is 0. The number of hydrogen-bond donors (Lipinski definition) is 5. The van der Waals surface area contributed by atoms with Crippen LogP contribution in [-0.4, -0.2) is 88.5 Å². The van der Waals surface area contributed by atoms with Gasteiger partial charge in [0.05, 0.1) is 17.4 Å². The number of carbonyl (C=O) groups is 6. The summed E-state index contributed by atoms with van der Waals surface area (Å²) in [5.41, 5.74) is -0.382. The van der Waals surface area contributed by atoms with E-state index >= 15 is 0 Å². The average Bonchev–Trinajstić information content (AvgIpc) is 3.78. The lowest BCUT2D eigenvalue weighted by Gasteiger charge is -2.30. The van der Waals surface area contributed by atoms with Crippen LogP contribution in [0.5, 0.6) is 0 Å². The van der Waals surface area contributed by atoms with Crippen molar-refractivity contribution in [3.8, 4) is 0 Å². The third kappa shape index (κ3) is 15.6. The van der Waals surface area contributed by atoms with Crippen LogP contribution < -0.4 is 26.6 Å². The monoisotopic (exact) mass is 929 g/mol. The molecule has 0 aromatic heterocycles. The van der Waals surface area contributed by atoms with E-state index in [1.165, 1.54) is 0 Å². The number of nitrogens with one attached hydrogen (secondary N) is 5. The van der Waals surface area contributed by atoms with Crippen LogP contribution in [0.3, 0.4) is 0 Å². The maximum absolute atomic E-state index is 13.9. The molecule has 5 rings (SSSR count). The van der Waals surface area contributed by atoms with Gasteiger partial charge < -0.3 is 34.5 Å². The second-order valence-corrected chi connectivity index (χ2v) is 21.3. The first-order chi connectivity index (χ1) is 31.0. The summed E-state index contributed by atoms with van der Waals surface area (Å²) in [5, 5.41) is 13.7. The molecule has 0 unspecified atom stereocenters. The van der Waals surface area contributed by atoms with E-state index in [9.17, 15) is 28.8 Å². The van der Waals surface area contributed by atoms with Crippen molar-refractivity contribution >= 4 is 65.1 Å². The minimum atomic E-state index is -0.832. The molecule has 1 heterocycles. The molecule has 5 N–H and O–H groups in total. The van der Waals surface area contributed by atoms with E-state index in [4.69, 9.17) is 18.9 Å². The molecule has 18 heteroatoms. The van der Waals surface area contributed by atoms with Crippen molar-refractivity contribution < 1.29 is 47.7 Å². The lowest BCUT2D eigenvalue weighted by molar-refractivity contribution is -0.125. The number of nitrogens with zero attached hydrogens (tertiary/aromatic N) is 3. The van der Waals surface area contributed by atoms with Crippen LogP contribution >= 0.6 is 0 Å². The van der Waals surface area contributed by atoms with Crippen molar-refractivity contribution in [2.24, 2.45) is 20.8 Å². The van der Waals surface area contributed by atoms with Gasteiger partial charge in [0.15, 0.2) is 0 Å². The van der Waals surface area contributed by atoms with Crippen molar-refractivity contribution in [2.75, 3.05) is 23.7 Å². The van der Waals surface area contributed by atoms with Gasteiger partial charge in [-0.2, -0.15) is 0 Å². The average molecular weight is 929 g/mol. The molecule has 1 aliphatic heterocycles. The SMILES string of the molecule is CC(C)(C)OC(=O)N=C(NC(=O)OC(C)(C)C)N1CC=C(c2ccc(NC(=O)C34CCC(C(=O)Nc5ccc(CN=C(NC(=O)OC(C)(C)C)NC(=O)OC(C)(C)C)cc5)(CC3)C4)cc2)CC1. The second kappa shape index (κ2) is 20.2. The highest BCUT2D eigenvalue weighted by Gasteiger charge is 2.61. The molecule has 18 nitrogen and oxygen atoms in total. The van der Waals surface area contributed by atoms with Crippen LogP contribution in [0.1, 0.15) is 133 Å². The van der Waals surface area contributed by atoms with Gasteiger partial charge in [-0.3, -0.25) is 25.5 Å². The van der Waals surface area contributed by atoms with Crippen LogP contribution in [0.25, 0.3) is 5.57 Å². The normalized spacial score (nSPS) is 19.6. The number of carbonyl (C=O) groups excluding carboxylic acids is 6. The minimum Gasteiger partial charge on any atom is -0.444 e. The summed E-state index contributed by atoms with van der Waals surface area (Å²) in [7, 11) is 0. The van der Waals surface area contributed by atoms with Gasteiger partial charge in [-0.05, 0) is 163 Å². The standard InChI is InChI=1S/C49H68N8O10/c1-44(2,3)64-40(60)53-38(54-41(61)65-45(4,5)6)50-29-31-13-17-34(18-14-31)51-36(58)48-23-25-49(30-48,26-24-48)37(59)52-35-19-15-32(16-20-35)33-21-27-57(28-22-33)39(55-42(62)66-46(7,8)9)56-43(63)67-47(10,11)12/h13-21H,22-30H2,1-12H3,(H,51,58)(H,52,59)(H,55,56,62,63)(H2,50,53,54,60,61). The minimum absolute atomic E-state index is 0.0346. The molecule has 2 aromatic rings. The van der Waals surface area contributed by atoms with Crippen LogP contribution in [-0.2, 0) is 35.1 Å². The smallest absolute Gasteiger partial charge is 0.437 e. The zero-order chi connectivity index (χ0) is 49.6. The Morgan fingerprint density at radius 1 is 0.597 bits per heavy atom. The number of aliphatic imine (C=N–C) groups is 2. The number of rotatable bonds is 7. The van der Waals surface area contributed by atoms with Gasteiger partial charge in [0.1, 0.15) is 22.4 Å². The molecule has 0 spiro atoms. The summed E-state index contributed by atoms with van der Waals surface area (Å²) in [5.74, 6) is -0.328. The van der Waals surface area contributed by atoms with Crippen molar-refractivity contribution in [3.05, 3.63) is 65.7 Å². The largest absolute Gasteiger partial charge is 0.444 e. The predicted octanol–water partition coefficient (Wildman–Crippen LogP) is 9.02. The summed E-state index contributed by atoms with van der Waals surface area (Å²) in [6, 6.07) is 14.7. The molecule has 0 atom stereocenters. The predicted molar refractivity (Wildman–Crippen MR) is 255 cm³/mol. The molecule has 2 saturated carbocycles. The number of alkyl carbamates (subject to hydrolysis) is 3. The van der Waals surface area contributed by atoms with E-state index in [-0.39, 0.29) is 30.3 Å². The molecule has 67 heavy (non-hydrogen) atoms. The molecular weight excluding hydrogens is 861 g/mol. The summed E-state index contributed by atoms with van der Waals surface area (Å²) in [6.45, 7) is 21.6. The fraction of sp³-hybridized carbons (Fsp3) is 0.551. The highest BCUT2D eigenvalue weighted by molar-refractivity contribution is 6.02. The van der Waals surface area contributed by atoms with Gasteiger partial charge in [0.2, 0.25) is 23.7 Å². The van der Waals surface area contributed by atoms with Crippen LogP contribution in [0.15, 0.2) is 64.6 Å². The van der Waals surface area contributed by atoms with Gasteiger partial charge in [0, 0.05) is 24.5 Å². The first-order valence-electron chi connectivity index (χ1n) is 22.6. The van der Waals surface area contributed by atoms with Crippen molar-refractivity contribution in [3.63, 3.8) is 0 Å². The van der Waals surface area contributed by atoms with Gasteiger partial charge >= 0.3 is 24.4 Å². The lowest BCUT2D eigenvalue weighted by Crippen LogP contribution is -2.48. The number of fused-ring (bicyclic) bond motifs is 2. The first-order valence-corrected chi connectivity index (χ1v) is 22.6. The third-order valence-electron chi connectivity index (χ3n) is 10.9. The first kappa shape index (κ1) is 51.5. The van der Waals surface area contributed by atoms with E-state index in [1.54, 1.807) is 112 Å². The Hall–Kier alpha value is -6.46. The Morgan fingerprint density at radius 2 is 1.03 bits per heavy atom. The summed E-state index contributed by atoms with van der Waals surface area (Å²) < 4.78 is 21.4. The zero-order valence-corrected chi connectivity index (χ0v) is 41.0. The van der Waals surface area contributed by atoms with E-state index in [0.717, 1.165) is 16.7 Å². The molecule has 2 bridgehead atoms. The summed E-state index contributed by atoms with van der Waals surface area (Å²) in [4.78, 5) is 88.1. The van der Waals surface area contributed by atoms with Crippen LogP contribution in [0.2, 0.25) is 0 Å². The van der Waals surface area contributed by atoms with E-state index in [2.05, 4.69) is 36.6 Å². The number of benzene rings is 2. The Kier molecular flexibility index (Phi) is 15.5. The number of guanidine groups is 2. The number of anilines is 2. The molecule has 0 radical (unpaired) electrons. The Labute approximate surface area is 393 Å². The number of amides is 6. The topological polar surface area (TPSA) is 227 Å². The molecule has 2 fully saturated rings. The highest BCUT2D eigenvalue weighted by Crippen LogP contribution is 2.62. The highest BCUT2D eigenvalue weighted by atomic mass is 16.6. The molecule has 2 aromatic carbocycles. The molecule has 364 valence electrons. The molecular formula is C49H68N8O10. The quantitative estimate of drug-likeness (QED) is 0.1000. The van der Waals surface area contributed by atoms with Crippen molar-refractivity contribution in [1.29, 1.82) is 0 Å². The van der Waals surface area contributed by atoms with E-state index in [0.29, 0.717) is 63.0 Å². The van der Waals surface area contributed by atoms with Crippen molar-refractivity contribution in [1.82, 2.24) is 20.9 Å². The van der Waals surface area contributed by atoms with E-state index in [1.807, 2.05) is 30.3 Å². The lowest BCUT2D eigenvalue weighted by atomic mass is 9.81. The fourth-order valence-electron chi connectivity index (χ4n) is 7.96. The Balaban J connectivity index is 1.16. The summed E-state index contributed by atoms with van der Waals surface area (Å²) in [6.07, 6.45) is 2.27. The van der Waals surface area contributed by atoms with Crippen molar-refractivity contribution in [2.45, 2.75) is 151 Å². The maximum atomic E-state index is 13.9. The number of ether oxygens (including phenoxy) is 4.